The summed E-state index contributed by atoms with van der Waals surface area (Å²) in [6.45, 7) is 0.425. The molecular weight excluding hydrogens is 284 g/mol. The summed E-state index contributed by atoms with van der Waals surface area (Å²) < 4.78 is 1.35. The molecule has 0 aliphatic rings. The van der Waals surface area contributed by atoms with Gasteiger partial charge in [-0.05, 0) is 30.2 Å². The molecule has 0 unspecified atom stereocenters. The number of aryl methyl sites for hydroxylation is 1. The first-order valence-corrected chi connectivity index (χ1v) is 6.74. The molecule has 2 aromatic rings. The summed E-state index contributed by atoms with van der Waals surface area (Å²) in [5, 5.41) is 11.6. The number of nitrogens with one attached hydrogen (secondary N) is 1. The van der Waals surface area contributed by atoms with E-state index < -0.39 is 5.97 Å². The maximum Gasteiger partial charge on any atom is 0.335 e. The van der Waals surface area contributed by atoms with Crippen molar-refractivity contribution in [3.63, 3.8) is 0 Å². The molecule has 0 aliphatic carbocycles. The molecular formula is C16H16N2O4. The average molecular weight is 300 g/mol. The lowest BCUT2D eigenvalue weighted by atomic mass is 10.1. The average Bonchev–Trinajstić information content (AvgIpc) is 2.50. The molecule has 114 valence electrons. The molecule has 0 radical (unpaired) electrons. The summed E-state index contributed by atoms with van der Waals surface area (Å²) in [7, 11) is 1.59. The van der Waals surface area contributed by atoms with Crippen LogP contribution in [-0.2, 0) is 13.5 Å². The monoisotopic (exact) mass is 300 g/mol. The summed E-state index contributed by atoms with van der Waals surface area (Å²) in [4.78, 5) is 33.9. The van der Waals surface area contributed by atoms with E-state index in [-0.39, 0.29) is 17.0 Å². The number of carboxylic acids is 1. The van der Waals surface area contributed by atoms with Crippen LogP contribution in [0.5, 0.6) is 0 Å². The highest BCUT2D eigenvalue weighted by molar-refractivity contribution is 5.93. The fraction of sp³-hybridized carbons (Fsp3) is 0.188. The molecule has 0 fully saturated rings. The minimum atomic E-state index is -0.963. The molecule has 0 aliphatic heterocycles. The molecule has 0 spiro atoms. The second-order valence-electron chi connectivity index (χ2n) is 4.87. The van der Waals surface area contributed by atoms with Gasteiger partial charge in [-0.2, -0.15) is 0 Å². The SMILES string of the molecule is Cn1cc(C(=O)NCCc2ccc(C(=O)O)cc2)ccc1=O. The lowest BCUT2D eigenvalue weighted by Crippen LogP contribution is -2.27. The van der Waals surface area contributed by atoms with Gasteiger partial charge in [0.1, 0.15) is 0 Å². The smallest absolute Gasteiger partial charge is 0.335 e. The van der Waals surface area contributed by atoms with Crippen LogP contribution in [0.4, 0.5) is 0 Å². The molecule has 1 aromatic carbocycles. The van der Waals surface area contributed by atoms with Crippen LogP contribution < -0.4 is 10.9 Å². The maximum absolute atomic E-state index is 11.9. The van der Waals surface area contributed by atoms with E-state index in [1.807, 2.05) is 0 Å². The Labute approximate surface area is 127 Å². The van der Waals surface area contributed by atoms with Crippen LogP contribution in [0.25, 0.3) is 0 Å². The van der Waals surface area contributed by atoms with Gasteiger partial charge in [0.05, 0.1) is 11.1 Å². The van der Waals surface area contributed by atoms with Crippen molar-refractivity contribution in [2.24, 2.45) is 7.05 Å². The molecule has 0 saturated carbocycles. The van der Waals surface area contributed by atoms with Gasteiger partial charge in [0, 0.05) is 25.9 Å². The van der Waals surface area contributed by atoms with Crippen LogP contribution in [-0.4, -0.2) is 28.1 Å². The van der Waals surface area contributed by atoms with Crippen LogP contribution in [0.2, 0.25) is 0 Å². The summed E-state index contributed by atoms with van der Waals surface area (Å²) in [6, 6.07) is 9.35. The largest absolute Gasteiger partial charge is 0.478 e. The number of amides is 1. The molecule has 0 bridgehead atoms. The number of pyridine rings is 1. The second kappa shape index (κ2) is 6.71. The zero-order valence-corrected chi connectivity index (χ0v) is 12.1. The number of carbonyl (C=O) groups excluding carboxylic acids is 1. The van der Waals surface area contributed by atoms with Crippen molar-refractivity contribution >= 4 is 11.9 Å². The molecule has 22 heavy (non-hydrogen) atoms. The minimum Gasteiger partial charge on any atom is -0.478 e. The van der Waals surface area contributed by atoms with Gasteiger partial charge >= 0.3 is 5.97 Å². The van der Waals surface area contributed by atoms with Crippen LogP contribution in [0.3, 0.4) is 0 Å². The second-order valence-corrected chi connectivity index (χ2v) is 4.87. The van der Waals surface area contributed by atoms with Crippen molar-refractivity contribution in [1.82, 2.24) is 9.88 Å². The van der Waals surface area contributed by atoms with E-state index in [4.69, 9.17) is 5.11 Å². The number of carboxylic acid groups (broad SMARTS) is 1. The van der Waals surface area contributed by atoms with Gasteiger partial charge < -0.3 is 15.0 Å². The summed E-state index contributed by atoms with van der Waals surface area (Å²) >= 11 is 0. The van der Waals surface area contributed by atoms with E-state index in [2.05, 4.69) is 5.32 Å². The van der Waals surface area contributed by atoms with Gasteiger partial charge in [-0.1, -0.05) is 12.1 Å². The van der Waals surface area contributed by atoms with Crippen molar-refractivity contribution in [3.8, 4) is 0 Å². The standard InChI is InChI=1S/C16H16N2O4/c1-18-10-13(6-7-14(18)19)15(20)17-9-8-11-2-4-12(5-3-11)16(21)22/h2-7,10H,8-9H2,1H3,(H,17,20)(H,21,22). The van der Waals surface area contributed by atoms with E-state index in [1.165, 1.54) is 35.0 Å². The zero-order valence-electron chi connectivity index (χ0n) is 12.1. The quantitative estimate of drug-likeness (QED) is 0.864. The molecule has 6 heteroatoms. The van der Waals surface area contributed by atoms with E-state index in [9.17, 15) is 14.4 Å². The van der Waals surface area contributed by atoms with Gasteiger partial charge in [0.2, 0.25) is 5.56 Å². The molecule has 1 heterocycles. The Hall–Kier alpha value is -2.89. The van der Waals surface area contributed by atoms with Gasteiger partial charge in [-0.25, -0.2) is 4.79 Å². The van der Waals surface area contributed by atoms with Gasteiger partial charge in [-0.3, -0.25) is 9.59 Å². The Morgan fingerprint density at radius 1 is 1.09 bits per heavy atom. The number of nitrogens with zero attached hydrogens (tertiary/aromatic N) is 1. The lowest BCUT2D eigenvalue weighted by Gasteiger charge is -2.06. The molecule has 2 rings (SSSR count). The number of aromatic carboxylic acids is 1. The maximum atomic E-state index is 11.9. The molecule has 1 aromatic heterocycles. The van der Waals surface area contributed by atoms with Gasteiger partial charge in [0.15, 0.2) is 0 Å². The summed E-state index contributed by atoms with van der Waals surface area (Å²) in [5.41, 5.74) is 1.42. The fourth-order valence-corrected chi connectivity index (χ4v) is 1.96. The number of carbonyl (C=O) groups is 2. The molecule has 0 saturated heterocycles. The Bertz CT molecular complexity index is 747. The van der Waals surface area contributed by atoms with Crippen molar-refractivity contribution in [2.45, 2.75) is 6.42 Å². The molecule has 1 amide bonds. The van der Waals surface area contributed by atoms with E-state index in [1.54, 1.807) is 19.2 Å². The van der Waals surface area contributed by atoms with Crippen molar-refractivity contribution < 1.29 is 14.7 Å². The van der Waals surface area contributed by atoms with Crippen molar-refractivity contribution in [2.75, 3.05) is 6.54 Å². The first-order valence-electron chi connectivity index (χ1n) is 6.74. The van der Waals surface area contributed by atoms with Gasteiger partial charge in [0.25, 0.3) is 5.91 Å². The predicted molar refractivity (Wildman–Crippen MR) is 81.1 cm³/mol. The van der Waals surface area contributed by atoms with Crippen LogP contribution in [0.15, 0.2) is 47.4 Å². The third kappa shape index (κ3) is 3.82. The van der Waals surface area contributed by atoms with E-state index in [0.717, 1.165) is 5.56 Å². The van der Waals surface area contributed by atoms with Gasteiger partial charge in [-0.15, -0.1) is 0 Å². The number of hydrogen-bond donors (Lipinski definition) is 2. The first kappa shape index (κ1) is 15.5. The van der Waals surface area contributed by atoms with Crippen LogP contribution in [0, 0.1) is 0 Å². The number of benzene rings is 1. The number of hydrogen-bond acceptors (Lipinski definition) is 3. The molecule has 6 nitrogen and oxygen atoms in total. The third-order valence-electron chi connectivity index (χ3n) is 3.25. The Morgan fingerprint density at radius 2 is 1.73 bits per heavy atom. The molecule has 0 atom stereocenters. The Balaban J connectivity index is 1.90. The normalized spacial score (nSPS) is 10.2. The van der Waals surface area contributed by atoms with Crippen molar-refractivity contribution in [3.05, 3.63) is 69.6 Å². The van der Waals surface area contributed by atoms with Crippen molar-refractivity contribution in [1.29, 1.82) is 0 Å². The highest BCUT2D eigenvalue weighted by Crippen LogP contribution is 2.05. The predicted octanol–water partition coefficient (Wildman–Crippen LogP) is 1.06. The summed E-state index contributed by atoms with van der Waals surface area (Å²) in [5.74, 6) is -1.22. The minimum absolute atomic E-state index is 0.171. The summed E-state index contributed by atoms with van der Waals surface area (Å²) in [6.07, 6.45) is 2.08. The van der Waals surface area contributed by atoms with E-state index in [0.29, 0.717) is 18.5 Å². The topological polar surface area (TPSA) is 88.4 Å². The lowest BCUT2D eigenvalue weighted by molar-refractivity contribution is 0.0696. The highest BCUT2D eigenvalue weighted by atomic mass is 16.4. The van der Waals surface area contributed by atoms with Crippen LogP contribution in [0.1, 0.15) is 26.3 Å². The fourth-order valence-electron chi connectivity index (χ4n) is 1.96. The highest BCUT2D eigenvalue weighted by Gasteiger charge is 2.06. The third-order valence-corrected chi connectivity index (χ3v) is 3.25. The first-order chi connectivity index (χ1) is 10.5. The number of aromatic nitrogens is 1. The number of rotatable bonds is 5. The Kier molecular flexibility index (Phi) is 4.73. The zero-order chi connectivity index (χ0) is 16.1. The Morgan fingerprint density at radius 3 is 2.32 bits per heavy atom. The van der Waals surface area contributed by atoms with Crippen LogP contribution >= 0.6 is 0 Å². The molecule has 2 N–H and O–H groups in total. The van der Waals surface area contributed by atoms with E-state index >= 15 is 0 Å².